The van der Waals surface area contributed by atoms with Crippen LogP contribution in [-0.4, -0.2) is 39.9 Å². The fraction of sp³-hybridized carbons (Fsp3) is 0.824. The van der Waals surface area contributed by atoms with Gasteiger partial charge in [-0.2, -0.15) is 5.10 Å². The summed E-state index contributed by atoms with van der Waals surface area (Å²) in [6.07, 6.45) is 4.51. The van der Waals surface area contributed by atoms with Crippen molar-refractivity contribution in [3.05, 3.63) is 18.0 Å². The Balaban J connectivity index is 1.95. The minimum absolute atomic E-state index is 0.493. The van der Waals surface area contributed by atoms with Crippen LogP contribution in [0.1, 0.15) is 59.2 Å². The summed E-state index contributed by atoms with van der Waals surface area (Å²) in [5, 5.41) is 8.43. The number of nitrogens with one attached hydrogen (secondary N) is 1. The lowest BCUT2D eigenvalue weighted by Gasteiger charge is -2.39. The fourth-order valence-corrected chi connectivity index (χ4v) is 3.04. The molecule has 1 aliphatic rings. The summed E-state index contributed by atoms with van der Waals surface area (Å²) in [5.74, 6) is 0.752. The standard InChI is InChI=1S/C17H32N4/c1-6-14(4)21-8-7-16(19-21)11-20-12-17(9-13(2)3)18-10-15(20)5/h7-8,13-15,17-18H,6,9-12H2,1-5H3. The molecule has 0 amide bonds. The van der Waals surface area contributed by atoms with Gasteiger partial charge in [0.1, 0.15) is 0 Å². The van der Waals surface area contributed by atoms with Gasteiger partial charge in [0.25, 0.3) is 0 Å². The van der Waals surface area contributed by atoms with Crippen LogP contribution < -0.4 is 5.32 Å². The Bertz CT molecular complexity index is 426. The maximum Gasteiger partial charge on any atom is 0.0765 e. The van der Waals surface area contributed by atoms with Crippen molar-refractivity contribution in [2.75, 3.05) is 13.1 Å². The summed E-state index contributed by atoms with van der Waals surface area (Å²) in [4.78, 5) is 2.58. The van der Waals surface area contributed by atoms with Crippen molar-refractivity contribution in [1.29, 1.82) is 0 Å². The first-order valence-electron chi connectivity index (χ1n) is 8.51. The molecule has 4 heteroatoms. The SMILES string of the molecule is CCC(C)n1ccc(CN2CC(CC(C)C)NCC2C)n1. The van der Waals surface area contributed by atoms with Gasteiger partial charge in [-0.1, -0.05) is 20.8 Å². The van der Waals surface area contributed by atoms with Gasteiger partial charge < -0.3 is 5.32 Å². The zero-order valence-electron chi connectivity index (χ0n) is 14.3. The predicted octanol–water partition coefficient (Wildman–Crippen LogP) is 3.06. The molecule has 2 heterocycles. The first kappa shape index (κ1) is 16.5. The smallest absolute Gasteiger partial charge is 0.0765 e. The largest absolute Gasteiger partial charge is 0.311 e. The van der Waals surface area contributed by atoms with Crippen LogP contribution in [0, 0.1) is 5.92 Å². The minimum atomic E-state index is 0.493. The Morgan fingerprint density at radius 3 is 2.81 bits per heavy atom. The Labute approximate surface area is 129 Å². The molecule has 0 spiro atoms. The molecule has 1 N–H and O–H groups in total. The second-order valence-corrected chi connectivity index (χ2v) is 7.06. The molecule has 1 aromatic rings. The van der Waals surface area contributed by atoms with E-state index in [9.17, 15) is 0 Å². The number of rotatable bonds is 6. The monoisotopic (exact) mass is 292 g/mol. The van der Waals surface area contributed by atoms with E-state index < -0.39 is 0 Å². The molecular weight excluding hydrogens is 260 g/mol. The number of hydrogen-bond acceptors (Lipinski definition) is 3. The number of aromatic nitrogens is 2. The van der Waals surface area contributed by atoms with E-state index in [0.717, 1.165) is 32.0 Å². The van der Waals surface area contributed by atoms with E-state index in [1.807, 2.05) is 0 Å². The van der Waals surface area contributed by atoms with E-state index in [0.29, 0.717) is 18.1 Å². The molecule has 1 saturated heterocycles. The molecule has 1 fully saturated rings. The van der Waals surface area contributed by atoms with Crippen molar-refractivity contribution in [2.45, 2.75) is 72.1 Å². The van der Waals surface area contributed by atoms with Crippen molar-refractivity contribution >= 4 is 0 Å². The van der Waals surface area contributed by atoms with E-state index >= 15 is 0 Å². The molecule has 3 atom stereocenters. The summed E-state index contributed by atoms with van der Waals surface area (Å²) in [5.41, 5.74) is 1.20. The van der Waals surface area contributed by atoms with E-state index in [-0.39, 0.29) is 0 Å². The Kier molecular flexibility index (Phi) is 5.82. The molecule has 120 valence electrons. The summed E-state index contributed by atoms with van der Waals surface area (Å²) < 4.78 is 2.10. The van der Waals surface area contributed by atoms with Gasteiger partial charge in [0.2, 0.25) is 0 Å². The van der Waals surface area contributed by atoms with Gasteiger partial charge in [-0.25, -0.2) is 0 Å². The Morgan fingerprint density at radius 1 is 1.38 bits per heavy atom. The van der Waals surface area contributed by atoms with Crippen molar-refractivity contribution in [3.8, 4) is 0 Å². The number of piperazine rings is 1. The summed E-state index contributed by atoms with van der Waals surface area (Å²) in [6.45, 7) is 14.5. The van der Waals surface area contributed by atoms with E-state index in [2.05, 4.69) is 61.8 Å². The highest BCUT2D eigenvalue weighted by molar-refractivity contribution is 5.01. The minimum Gasteiger partial charge on any atom is -0.311 e. The van der Waals surface area contributed by atoms with Crippen LogP contribution in [-0.2, 0) is 6.54 Å². The van der Waals surface area contributed by atoms with E-state index in [4.69, 9.17) is 5.10 Å². The molecule has 1 aromatic heterocycles. The highest BCUT2D eigenvalue weighted by Crippen LogP contribution is 2.16. The van der Waals surface area contributed by atoms with Crippen molar-refractivity contribution in [3.63, 3.8) is 0 Å². The second-order valence-electron chi connectivity index (χ2n) is 7.06. The topological polar surface area (TPSA) is 33.1 Å². The van der Waals surface area contributed by atoms with Gasteiger partial charge in [0, 0.05) is 44.0 Å². The van der Waals surface area contributed by atoms with Crippen molar-refractivity contribution in [2.24, 2.45) is 5.92 Å². The average Bonchev–Trinajstić information content (AvgIpc) is 2.89. The van der Waals surface area contributed by atoms with E-state index in [1.54, 1.807) is 0 Å². The Hall–Kier alpha value is -0.870. The third-order valence-corrected chi connectivity index (χ3v) is 4.61. The molecule has 21 heavy (non-hydrogen) atoms. The molecule has 0 saturated carbocycles. The summed E-state index contributed by atoms with van der Waals surface area (Å²) >= 11 is 0. The van der Waals surface area contributed by atoms with Crippen LogP contribution in [0.3, 0.4) is 0 Å². The van der Waals surface area contributed by atoms with E-state index in [1.165, 1.54) is 12.1 Å². The zero-order chi connectivity index (χ0) is 15.4. The highest BCUT2D eigenvalue weighted by Gasteiger charge is 2.25. The van der Waals surface area contributed by atoms with Crippen LogP contribution in [0.2, 0.25) is 0 Å². The first-order chi connectivity index (χ1) is 9.99. The van der Waals surface area contributed by atoms with Crippen LogP contribution in [0.5, 0.6) is 0 Å². The molecule has 3 unspecified atom stereocenters. The molecule has 0 aromatic carbocycles. The van der Waals surface area contributed by atoms with Gasteiger partial charge in [-0.3, -0.25) is 9.58 Å². The quantitative estimate of drug-likeness (QED) is 0.875. The lowest BCUT2D eigenvalue weighted by molar-refractivity contribution is 0.123. The van der Waals surface area contributed by atoms with Crippen LogP contribution in [0.4, 0.5) is 0 Å². The molecule has 1 aliphatic heterocycles. The van der Waals surface area contributed by atoms with Crippen LogP contribution in [0.15, 0.2) is 12.3 Å². The zero-order valence-corrected chi connectivity index (χ0v) is 14.3. The molecule has 2 rings (SSSR count). The van der Waals surface area contributed by atoms with Crippen molar-refractivity contribution in [1.82, 2.24) is 20.0 Å². The van der Waals surface area contributed by atoms with Gasteiger partial charge in [0.15, 0.2) is 0 Å². The van der Waals surface area contributed by atoms with Crippen LogP contribution in [0.25, 0.3) is 0 Å². The number of hydrogen-bond donors (Lipinski definition) is 1. The molecule has 0 bridgehead atoms. The second kappa shape index (κ2) is 7.41. The Morgan fingerprint density at radius 2 is 2.14 bits per heavy atom. The van der Waals surface area contributed by atoms with Crippen LogP contribution >= 0.6 is 0 Å². The maximum atomic E-state index is 4.75. The highest BCUT2D eigenvalue weighted by atomic mass is 15.3. The molecular formula is C17H32N4. The summed E-state index contributed by atoms with van der Waals surface area (Å²) in [6, 6.07) is 3.88. The van der Waals surface area contributed by atoms with Gasteiger partial charge in [0.05, 0.1) is 5.69 Å². The lowest BCUT2D eigenvalue weighted by Crippen LogP contribution is -2.55. The summed E-state index contributed by atoms with van der Waals surface area (Å²) in [7, 11) is 0. The van der Waals surface area contributed by atoms with Crippen molar-refractivity contribution < 1.29 is 0 Å². The first-order valence-corrected chi connectivity index (χ1v) is 8.51. The lowest BCUT2D eigenvalue weighted by atomic mass is 10.00. The maximum absolute atomic E-state index is 4.75. The molecule has 0 radical (unpaired) electrons. The fourth-order valence-electron chi connectivity index (χ4n) is 3.04. The van der Waals surface area contributed by atoms with Gasteiger partial charge in [-0.05, 0) is 38.7 Å². The molecule has 0 aliphatic carbocycles. The molecule has 4 nitrogen and oxygen atoms in total. The number of nitrogens with zero attached hydrogens (tertiary/aromatic N) is 3. The third kappa shape index (κ3) is 4.55. The normalized spacial score (nSPS) is 25.4. The van der Waals surface area contributed by atoms with Gasteiger partial charge >= 0.3 is 0 Å². The third-order valence-electron chi connectivity index (χ3n) is 4.61. The average molecular weight is 292 g/mol. The van der Waals surface area contributed by atoms with Gasteiger partial charge in [-0.15, -0.1) is 0 Å². The predicted molar refractivity (Wildman–Crippen MR) is 88.3 cm³/mol.